The van der Waals surface area contributed by atoms with Crippen LogP contribution in [0.1, 0.15) is 32.3 Å². The Balaban J connectivity index is 1.81. The van der Waals surface area contributed by atoms with Gasteiger partial charge in [-0.15, -0.1) is 0 Å². The number of nitrogens with zero attached hydrogens (tertiary/aromatic N) is 4. The van der Waals surface area contributed by atoms with Gasteiger partial charge in [0.05, 0.1) is 12.2 Å². The molecule has 136 valence electrons. The zero-order valence-electron chi connectivity index (χ0n) is 15.1. The van der Waals surface area contributed by atoms with E-state index in [9.17, 15) is 0 Å². The highest BCUT2D eigenvalue weighted by Crippen LogP contribution is 2.08. The second-order valence-corrected chi connectivity index (χ2v) is 5.53. The van der Waals surface area contributed by atoms with Crippen molar-refractivity contribution in [3.8, 4) is 5.69 Å². The van der Waals surface area contributed by atoms with Crippen molar-refractivity contribution in [2.24, 2.45) is 4.99 Å². The Morgan fingerprint density at radius 2 is 2.00 bits per heavy atom. The van der Waals surface area contributed by atoms with Gasteiger partial charge in [-0.3, -0.25) is 0 Å². The second kappa shape index (κ2) is 11.2. The highest BCUT2D eigenvalue weighted by atomic mass is 16.5. The molecule has 0 spiro atoms. The van der Waals surface area contributed by atoms with Crippen molar-refractivity contribution < 1.29 is 4.74 Å². The molecule has 1 heterocycles. The first-order chi connectivity index (χ1) is 12.3. The number of hydrogen-bond acceptors (Lipinski definition) is 4. The summed E-state index contributed by atoms with van der Waals surface area (Å²) in [5.41, 5.74) is 2.14. The van der Waals surface area contributed by atoms with Crippen LogP contribution in [-0.2, 0) is 11.3 Å². The summed E-state index contributed by atoms with van der Waals surface area (Å²) >= 11 is 0. The highest BCUT2D eigenvalue weighted by Gasteiger charge is 2.00. The molecular formula is C18H28N6O. The van der Waals surface area contributed by atoms with E-state index in [-0.39, 0.29) is 0 Å². The average Bonchev–Trinajstić information content (AvgIpc) is 3.17. The van der Waals surface area contributed by atoms with Crippen LogP contribution in [0.4, 0.5) is 0 Å². The number of hydrogen-bond donors (Lipinski definition) is 2. The average molecular weight is 344 g/mol. The minimum absolute atomic E-state index is 0.631. The molecule has 0 aliphatic rings. The maximum absolute atomic E-state index is 5.35. The molecule has 1 aromatic carbocycles. The molecule has 2 N–H and O–H groups in total. The molecule has 7 heteroatoms. The molecular weight excluding hydrogens is 316 g/mol. The fraction of sp³-hybridized carbons (Fsp3) is 0.500. The first kappa shape index (κ1) is 18.9. The third-order valence-electron chi connectivity index (χ3n) is 3.60. The number of rotatable bonds is 10. The van der Waals surface area contributed by atoms with E-state index in [0.29, 0.717) is 6.54 Å². The molecule has 0 saturated carbocycles. The topological polar surface area (TPSA) is 76.4 Å². The van der Waals surface area contributed by atoms with Gasteiger partial charge in [0.1, 0.15) is 12.7 Å². The Morgan fingerprint density at radius 1 is 1.16 bits per heavy atom. The van der Waals surface area contributed by atoms with Crippen LogP contribution in [0.25, 0.3) is 5.69 Å². The third-order valence-corrected chi connectivity index (χ3v) is 3.60. The van der Waals surface area contributed by atoms with Crippen LogP contribution in [0.15, 0.2) is 41.9 Å². The van der Waals surface area contributed by atoms with Gasteiger partial charge in [0.15, 0.2) is 5.96 Å². The molecule has 2 aromatic rings. The van der Waals surface area contributed by atoms with E-state index in [1.807, 2.05) is 19.1 Å². The van der Waals surface area contributed by atoms with Gasteiger partial charge in [-0.1, -0.05) is 12.1 Å². The first-order valence-corrected chi connectivity index (χ1v) is 8.87. The van der Waals surface area contributed by atoms with E-state index >= 15 is 0 Å². The summed E-state index contributed by atoms with van der Waals surface area (Å²) < 4.78 is 7.08. The molecule has 1 aromatic heterocycles. The molecule has 7 nitrogen and oxygen atoms in total. The van der Waals surface area contributed by atoms with Crippen molar-refractivity contribution in [2.45, 2.75) is 33.2 Å². The molecule has 0 aliphatic carbocycles. The Bertz CT molecular complexity index is 609. The van der Waals surface area contributed by atoms with Crippen LogP contribution in [-0.4, -0.2) is 47.0 Å². The standard InChI is InChI=1S/C18H28N6O/c1-3-20-18(21-11-5-6-12-25-4-2)22-13-16-7-9-17(10-8-16)24-15-19-14-23-24/h7-10,14-15H,3-6,11-13H2,1-2H3,(H2,20,21,22). The van der Waals surface area contributed by atoms with Gasteiger partial charge in [-0.2, -0.15) is 5.10 Å². The van der Waals surface area contributed by atoms with Crippen molar-refractivity contribution >= 4 is 5.96 Å². The van der Waals surface area contributed by atoms with Crippen molar-refractivity contribution in [1.29, 1.82) is 0 Å². The molecule has 0 saturated heterocycles. The predicted octanol–water partition coefficient (Wildman–Crippen LogP) is 2.14. The fourth-order valence-corrected chi connectivity index (χ4v) is 2.29. The fourth-order valence-electron chi connectivity index (χ4n) is 2.29. The summed E-state index contributed by atoms with van der Waals surface area (Å²) in [6.07, 6.45) is 5.34. The lowest BCUT2D eigenvalue weighted by molar-refractivity contribution is 0.143. The number of aromatic nitrogens is 3. The van der Waals surface area contributed by atoms with Crippen LogP contribution in [0.5, 0.6) is 0 Å². The molecule has 0 aliphatic heterocycles. The lowest BCUT2D eigenvalue weighted by Crippen LogP contribution is -2.37. The van der Waals surface area contributed by atoms with Gasteiger partial charge < -0.3 is 15.4 Å². The maximum Gasteiger partial charge on any atom is 0.191 e. The normalized spacial score (nSPS) is 11.5. The molecule has 0 bridgehead atoms. The summed E-state index contributed by atoms with van der Waals surface area (Å²) in [6.45, 7) is 8.06. The van der Waals surface area contributed by atoms with Crippen LogP contribution >= 0.6 is 0 Å². The summed E-state index contributed by atoms with van der Waals surface area (Å²) in [5, 5.41) is 10.8. The number of unbranched alkanes of at least 4 members (excludes halogenated alkanes) is 1. The second-order valence-electron chi connectivity index (χ2n) is 5.53. The predicted molar refractivity (Wildman–Crippen MR) is 99.9 cm³/mol. The lowest BCUT2D eigenvalue weighted by atomic mass is 10.2. The smallest absolute Gasteiger partial charge is 0.191 e. The first-order valence-electron chi connectivity index (χ1n) is 8.87. The van der Waals surface area contributed by atoms with Crippen LogP contribution in [0.3, 0.4) is 0 Å². The number of aliphatic imine (C=N–C) groups is 1. The number of nitrogens with one attached hydrogen (secondary N) is 2. The van der Waals surface area contributed by atoms with E-state index in [1.165, 1.54) is 6.33 Å². The summed E-state index contributed by atoms with van der Waals surface area (Å²) in [7, 11) is 0. The minimum Gasteiger partial charge on any atom is -0.382 e. The highest BCUT2D eigenvalue weighted by molar-refractivity contribution is 5.79. The third kappa shape index (κ3) is 6.93. The van der Waals surface area contributed by atoms with Gasteiger partial charge in [-0.05, 0) is 44.4 Å². The Labute approximate surface area is 149 Å². The van der Waals surface area contributed by atoms with Crippen LogP contribution in [0.2, 0.25) is 0 Å². The van der Waals surface area contributed by atoms with Crippen LogP contribution in [0, 0.1) is 0 Å². The van der Waals surface area contributed by atoms with E-state index in [0.717, 1.165) is 56.4 Å². The molecule has 25 heavy (non-hydrogen) atoms. The maximum atomic E-state index is 5.35. The van der Waals surface area contributed by atoms with E-state index in [1.54, 1.807) is 11.0 Å². The lowest BCUT2D eigenvalue weighted by Gasteiger charge is -2.11. The number of ether oxygens (including phenoxy) is 1. The Morgan fingerprint density at radius 3 is 2.68 bits per heavy atom. The van der Waals surface area contributed by atoms with E-state index in [2.05, 4.69) is 44.8 Å². The summed E-state index contributed by atoms with van der Waals surface area (Å²) in [5.74, 6) is 0.847. The van der Waals surface area contributed by atoms with Crippen molar-refractivity contribution in [2.75, 3.05) is 26.3 Å². The Kier molecular flexibility index (Phi) is 8.48. The molecule has 0 amide bonds. The molecule has 0 unspecified atom stereocenters. The number of benzene rings is 1. The molecule has 0 radical (unpaired) electrons. The van der Waals surface area contributed by atoms with Gasteiger partial charge >= 0.3 is 0 Å². The van der Waals surface area contributed by atoms with Gasteiger partial charge in [0.25, 0.3) is 0 Å². The molecule has 0 fully saturated rings. The van der Waals surface area contributed by atoms with Crippen LogP contribution < -0.4 is 10.6 Å². The van der Waals surface area contributed by atoms with Gasteiger partial charge in [0.2, 0.25) is 0 Å². The zero-order valence-corrected chi connectivity index (χ0v) is 15.1. The van der Waals surface area contributed by atoms with E-state index < -0.39 is 0 Å². The van der Waals surface area contributed by atoms with Gasteiger partial charge in [-0.25, -0.2) is 14.7 Å². The quantitative estimate of drug-likeness (QED) is 0.392. The SMILES string of the molecule is CCNC(=NCc1ccc(-n2cncn2)cc1)NCCCCOCC. The zero-order chi connectivity index (χ0) is 17.7. The van der Waals surface area contributed by atoms with Crippen molar-refractivity contribution in [3.05, 3.63) is 42.5 Å². The van der Waals surface area contributed by atoms with Crippen molar-refractivity contribution in [3.63, 3.8) is 0 Å². The molecule has 0 atom stereocenters. The summed E-state index contributed by atoms with van der Waals surface area (Å²) in [4.78, 5) is 8.60. The van der Waals surface area contributed by atoms with E-state index in [4.69, 9.17) is 4.74 Å². The van der Waals surface area contributed by atoms with Gasteiger partial charge in [0, 0.05) is 26.3 Å². The monoisotopic (exact) mass is 344 g/mol. The summed E-state index contributed by atoms with van der Waals surface area (Å²) in [6, 6.07) is 8.17. The largest absolute Gasteiger partial charge is 0.382 e. The Hall–Kier alpha value is -2.41. The van der Waals surface area contributed by atoms with Crippen molar-refractivity contribution in [1.82, 2.24) is 25.4 Å². The minimum atomic E-state index is 0.631. The number of guanidine groups is 1. The molecule has 2 rings (SSSR count).